The summed E-state index contributed by atoms with van der Waals surface area (Å²) in [5, 5.41) is 7.36. The van der Waals surface area contributed by atoms with Crippen LogP contribution in [0.1, 0.15) is 32.6 Å². The highest BCUT2D eigenvalue weighted by Crippen LogP contribution is 2.25. The van der Waals surface area contributed by atoms with Crippen molar-refractivity contribution in [3.63, 3.8) is 0 Å². The van der Waals surface area contributed by atoms with Crippen molar-refractivity contribution in [2.75, 3.05) is 44.2 Å². The van der Waals surface area contributed by atoms with Crippen molar-refractivity contribution in [2.24, 2.45) is 4.99 Å². The number of aromatic nitrogens is 1. The van der Waals surface area contributed by atoms with Gasteiger partial charge in [-0.3, -0.25) is 4.79 Å². The molecule has 0 radical (unpaired) electrons. The fraction of sp³-hybridized carbons (Fsp3) is 0.632. The monoisotopic (exact) mass is 392 g/mol. The van der Waals surface area contributed by atoms with Gasteiger partial charge in [-0.05, 0) is 44.7 Å². The molecule has 0 spiro atoms. The second-order valence-electron chi connectivity index (χ2n) is 7.02. The lowest BCUT2D eigenvalue weighted by molar-refractivity contribution is -0.130. The maximum absolute atomic E-state index is 12.4. The molecule has 2 aliphatic heterocycles. The minimum atomic E-state index is 0.111. The highest BCUT2D eigenvalue weighted by molar-refractivity contribution is 6.32. The molecule has 3 rings (SSSR count). The SMILES string of the molecule is CCNC(=NCC(=O)N1CCCCC1)NC1CCN(c2ncccc2Cl)C1. The number of guanidine groups is 1. The van der Waals surface area contributed by atoms with Crippen molar-refractivity contribution < 1.29 is 4.79 Å². The molecule has 2 fully saturated rings. The summed E-state index contributed by atoms with van der Waals surface area (Å²) in [4.78, 5) is 25.4. The first-order valence-electron chi connectivity index (χ1n) is 9.85. The smallest absolute Gasteiger partial charge is 0.244 e. The van der Waals surface area contributed by atoms with Crippen LogP contribution in [-0.4, -0.2) is 67.1 Å². The summed E-state index contributed by atoms with van der Waals surface area (Å²) in [5.41, 5.74) is 0. The first-order chi connectivity index (χ1) is 13.2. The number of piperidine rings is 1. The molecule has 1 aromatic rings. The number of amides is 1. The maximum atomic E-state index is 12.4. The van der Waals surface area contributed by atoms with E-state index in [0.29, 0.717) is 11.0 Å². The van der Waals surface area contributed by atoms with Crippen molar-refractivity contribution in [1.29, 1.82) is 0 Å². The van der Waals surface area contributed by atoms with E-state index in [4.69, 9.17) is 11.6 Å². The quantitative estimate of drug-likeness (QED) is 0.591. The number of nitrogens with zero attached hydrogens (tertiary/aromatic N) is 4. The summed E-state index contributed by atoms with van der Waals surface area (Å²) in [6.45, 7) is 6.39. The molecule has 2 saturated heterocycles. The van der Waals surface area contributed by atoms with Crippen LogP contribution in [0.15, 0.2) is 23.3 Å². The molecular formula is C19H29ClN6O. The molecule has 0 saturated carbocycles. The summed E-state index contributed by atoms with van der Waals surface area (Å²) in [6.07, 6.45) is 6.15. The van der Waals surface area contributed by atoms with Gasteiger partial charge in [0.1, 0.15) is 12.4 Å². The highest BCUT2D eigenvalue weighted by Gasteiger charge is 2.25. The van der Waals surface area contributed by atoms with E-state index in [0.717, 1.165) is 57.8 Å². The average molecular weight is 393 g/mol. The zero-order chi connectivity index (χ0) is 19.1. The molecule has 0 bridgehead atoms. The molecule has 1 amide bonds. The molecule has 0 aliphatic carbocycles. The summed E-state index contributed by atoms with van der Waals surface area (Å²) >= 11 is 6.26. The second kappa shape index (κ2) is 9.78. The maximum Gasteiger partial charge on any atom is 0.244 e. The van der Waals surface area contributed by atoms with E-state index in [2.05, 4.69) is 25.5 Å². The van der Waals surface area contributed by atoms with E-state index in [1.54, 1.807) is 6.20 Å². The Hall–Kier alpha value is -2.02. The molecule has 27 heavy (non-hydrogen) atoms. The number of nitrogens with one attached hydrogen (secondary N) is 2. The highest BCUT2D eigenvalue weighted by atomic mass is 35.5. The lowest BCUT2D eigenvalue weighted by Gasteiger charge is -2.26. The number of hydrogen-bond donors (Lipinski definition) is 2. The molecule has 2 N–H and O–H groups in total. The van der Waals surface area contributed by atoms with Crippen LogP contribution >= 0.6 is 11.6 Å². The molecule has 7 nitrogen and oxygen atoms in total. The largest absolute Gasteiger partial charge is 0.357 e. The topological polar surface area (TPSA) is 72.9 Å². The predicted octanol–water partition coefficient (Wildman–Crippen LogP) is 1.88. The zero-order valence-corrected chi connectivity index (χ0v) is 16.7. The van der Waals surface area contributed by atoms with E-state index < -0.39 is 0 Å². The van der Waals surface area contributed by atoms with E-state index in [1.165, 1.54) is 6.42 Å². The third kappa shape index (κ3) is 5.48. The number of rotatable bonds is 5. The predicted molar refractivity (Wildman–Crippen MR) is 109 cm³/mol. The molecule has 1 unspecified atom stereocenters. The van der Waals surface area contributed by atoms with Crippen LogP contribution in [0.4, 0.5) is 5.82 Å². The fourth-order valence-corrected chi connectivity index (χ4v) is 3.82. The van der Waals surface area contributed by atoms with Crippen LogP contribution in [0, 0.1) is 0 Å². The van der Waals surface area contributed by atoms with Crippen molar-refractivity contribution in [3.8, 4) is 0 Å². The standard InChI is InChI=1S/C19H29ClN6O/c1-2-21-19(23-13-17(27)25-10-4-3-5-11-25)24-15-8-12-26(14-15)18-16(20)7-6-9-22-18/h6-7,9,15H,2-5,8,10-14H2,1H3,(H2,21,23,24). The van der Waals surface area contributed by atoms with Gasteiger partial charge in [0, 0.05) is 45.0 Å². The van der Waals surface area contributed by atoms with Crippen molar-refractivity contribution >= 4 is 29.3 Å². The van der Waals surface area contributed by atoms with Gasteiger partial charge in [-0.2, -0.15) is 0 Å². The zero-order valence-electron chi connectivity index (χ0n) is 16.0. The van der Waals surface area contributed by atoms with E-state index in [1.807, 2.05) is 24.0 Å². The van der Waals surface area contributed by atoms with Gasteiger partial charge in [0.2, 0.25) is 5.91 Å². The molecule has 0 aromatic carbocycles. The number of likely N-dealkylation sites (tertiary alicyclic amines) is 1. The Bertz CT molecular complexity index is 661. The van der Waals surface area contributed by atoms with E-state index in [-0.39, 0.29) is 18.5 Å². The third-order valence-corrected chi connectivity index (χ3v) is 5.29. The molecule has 1 aromatic heterocycles. The van der Waals surface area contributed by atoms with Gasteiger partial charge < -0.3 is 20.4 Å². The first kappa shape index (κ1) is 19.7. The normalized spacial score (nSPS) is 20.7. The Labute approximate surface area is 166 Å². The number of anilines is 1. The first-order valence-corrected chi connectivity index (χ1v) is 10.2. The van der Waals surface area contributed by atoms with Gasteiger partial charge in [-0.15, -0.1) is 0 Å². The van der Waals surface area contributed by atoms with Gasteiger partial charge in [0.15, 0.2) is 5.96 Å². The number of halogens is 1. The van der Waals surface area contributed by atoms with E-state index in [9.17, 15) is 4.79 Å². The Balaban J connectivity index is 1.54. The van der Waals surface area contributed by atoms with Crippen LogP contribution < -0.4 is 15.5 Å². The lowest BCUT2D eigenvalue weighted by Crippen LogP contribution is -2.45. The Morgan fingerprint density at radius 3 is 2.89 bits per heavy atom. The number of carbonyl (C=O) groups is 1. The molecule has 2 aliphatic rings. The Kier molecular flexibility index (Phi) is 7.15. The minimum absolute atomic E-state index is 0.111. The molecule has 3 heterocycles. The number of carbonyl (C=O) groups excluding carboxylic acids is 1. The van der Waals surface area contributed by atoms with Gasteiger partial charge in [-0.25, -0.2) is 9.98 Å². The van der Waals surface area contributed by atoms with Crippen molar-refractivity contribution in [1.82, 2.24) is 20.5 Å². The van der Waals surface area contributed by atoms with Crippen LogP contribution in [0.25, 0.3) is 0 Å². The van der Waals surface area contributed by atoms with Crippen molar-refractivity contribution in [3.05, 3.63) is 23.4 Å². The molecule has 8 heteroatoms. The second-order valence-corrected chi connectivity index (χ2v) is 7.43. The summed E-state index contributed by atoms with van der Waals surface area (Å²) in [5.74, 6) is 1.63. The number of hydrogen-bond acceptors (Lipinski definition) is 4. The van der Waals surface area contributed by atoms with Crippen LogP contribution in [0.5, 0.6) is 0 Å². The average Bonchev–Trinajstić information content (AvgIpc) is 3.15. The lowest BCUT2D eigenvalue weighted by atomic mass is 10.1. The Morgan fingerprint density at radius 2 is 2.15 bits per heavy atom. The van der Waals surface area contributed by atoms with Crippen molar-refractivity contribution in [2.45, 2.75) is 38.6 Å². The van der Waals surface area contributed by atoms with Gasteiger partial charge in [0.05, 0.1) is 5.02 Å². The summed E-state index contributed by atoms with van der Waals surface area (Å²) < 4.78 is 0. The summed E-state index contributed by atoms with van der Waals surface area (Å²) in [6, 6.07) is 3.95. The van der Waals surface area contributed by atoms with Gasteiger partial charge in [-0.1, -0.05) is 11.6 Å². The van der Waals surface area contributed by atoms with Gasteiger partial charge >= 0.3 is 0 Å². The third-order valence-electron chi connectivity index (χ3n) is 4.99. The molecular weight excluding hydrogens is 364 g/mol. The van der Waals surface area contributed by atoms with E-state index >= 15 is 0 Å². The Morgan fingerprint density at radius 1 is 1.33 bits per heavy atom. The number of aliphatic imine (C=N–C) groups is 1. The van der Waals surface area contributed by atoms with Gasteiger partial charge in [0.25, 0.3) is 0 Å². The molecule has 1 atom stereocenters. The minimum Gasteiger partial charge on any atom is -0.357 e. The summed E-state index contributed by atoms with van der Waals surface area (Å²) in [7, 11) is 0. The molecule has 148 valence electrons. The van der Waals surface area contributed by atoms with Crippen LogP contribution in [-0.2, 0) is 4.79 Å². The van der Waals surface area contributed by atoms with Crippen LogP contribution in [0.2, 0.25) is 5.02 Å². The fourth-order valence-electron chi connectivity index (χ4n) is 3.58. The van der Waals surface area contributed by atoms with Crippen LogP contribution in [0.3, 0.4) is 0 Å². The number of pyridine rings is 1.